The molecule has 160 valence electrons. The smallest absolute Gasteiger partial charge is 0.257 e. The fourth-order valence-electron chi connectivity index (χ4n) is 3.09. The number of amides is 2. The first kappa shape index (κ1) is 20.8. The van der Waals surface area contributed by atoms with Crippen LogP contribution >= 0.6 is 0 Å². The van der Waals surface area contributed by atoms with Crippen molar-refractivity contribution in [2.75, 3.05) is 16.0 Å². The van der Waals surface area contributed by atoms with Crippen molar-refractivity contribution in [3.63, 3.8) is 0 Å². The van der Waals surface area contributed by atoms with Gasteiger partial charge in [0.25, 0.3) is 5.91 Å². The molecule has 8 heteroatoms. The molecule has 0 fully saturated rings. The second-order valence-corrected chi connectivity index (χ2v) is 7.11. The number of anilines is 4. The fourth-order valence-corrected chi connectivity index (χ4v) is 3.09. The van der Waals surface area contributed by atoms with Gasteiger partial charge in [-0.2, -0.15) is 5.10 Å². The number of hydrogen-bond acceptors (Lipinski definition) is 5. The summed E-state index contributed by atoms with van der Waals surface area (Å²) in [4.78, 5) is 29.1. The number of nitrogens with one attached hydrogen (secondary N) is 3. The maximum atomic E-state index is 12.9. The van der Waals surface area contributed by atoms with Crippen molar-refractivity contribution in [3.05, 3.63) is 97.1 Å². The molecule has 1 aromatic heterocycles. The zero-order valence-electron chi connectivity index (χ0n) is 17.4. The van der Waals surface area contributed by atoms with E-state index >= 15 is 0 Å². The van der Waals surface area contributed by atoms with Crippen LogP contribution in [0, 0.1) is 0 Å². The summed E-state index contributed by atoms with van der Waals surface area (Å²) in [6.07, 6.45) is 2.88. The summed E-state index contributed by atoms with van der Waals surface area (Å²) in [5.41, 5.74) is 3.36. The van der Waals surface area contributed by atoms with Crippen molar-refractivity contribution in [1.82, 2.24) is 14.8 Å². The Bertz CT molecular complexity index is 1190. The van der Waals surface area contributed by atoms with Crippen LogP contribution in [0.15, 0.2) is 91.5 Å². The predicted octanol–water partition coefficient (Wildman–Crippen LogP) is 4.47. The van der Waals surface area contributed by atoms with E-state index in [0.29, 0.717) is 22.6 Å². The van der Waals surface area contributed by atoms with E-state index in [2.05, 4.69) is 26.0 Å². The van der Waals surface area contributed by atoms with Gasteiger partial charge in [-0.3, -0.25) is 9.59 Å². The Balaban J connectivity index is 1.41. The molecule has 0 aliphatic rings. The monoisotopic (exact) mass is 426 g/mol. The molecule has 3 N–H and O–H groups in total. The largest absolute Gasteiger partial charge is 0.355 e. The number of aromatic nitrogens is 3. The van der Waals surface area contributed by atoms with Gasteiger partial charge in [0.1, 0.15) is 18.7 Å². The second-order valence-electron chi connectivity index (χ2n) is 7.11. The van der Waals surface area contributed by atoms with Crippen LogP contribution in [-0.4, -0.2) is 26.6 Å². The third-order valence-corrected chi connectivity index (χ3v) is 4.85. The zero-order valence-corrected chi connectivity index (χ0v) is 17.4. The van der Waals surface area contributed by atoms with Gasteiger partial charge in [-0.15, -0.1) is 0 Å². The molecule has 8 nitrogen and oxygen atoms in total. The van der Waals surface area contributed by atoms with E-state index in [1.165, 1.54) is 17.3 Å². The Morgan fingerprint density at radius 3 is 2.16 bits per heavy atom. The maximum Gasteiger partial charge on any atom is 0.257 e. The lowest BCUT2D eigenvalue weighted by atomic mass is 10.1. The first-order valence-electron chi connectivity index (χ1n) is 10.1. The Hall–Kier alpha value is -4.46. The Labute approximate surface area is 185 Å². The van der Waals surface area contributed by atoms with Crippen LogP contribution in [-0.2, 0) is 4.79 Å². The molecule has 1 heterocycles. The number of benzene rings is 3. The molecular weight excluding hydrogens is 404 g/mol. The molecule has 3 aromatic carbocycles. The van der Waals surface area contributed by atoms with Crippen LogP contribution in [0.4, 0.5) is 22.7 Å². The van der Waals surface area contributed by atoms with Crippen molar-refractivity contribution in [3.8, 4) is 0 Å². The molecule has 1 atom stereocenters. The molecule has 4 rings (SSSR count). The predicted molar refractivity (Wildman–Crippen MR) is 124 cm³/mol. The van der Waals surface area contributed by atoms with Crippen molar-refractivity contribution in [2.24, 2.45) is 0 Å². The lowest BCUT2D eigenvalue weighted by Gasteiger charge is -2.14. The summed E-state index contributed by atoms with van der Waals surface area (Å²) in [5, 5.41) is 13.0. The molecule has 0 saturated heterocycles. The summed E-state index contributed by atoms with van der Waals surface area (Å²) in [7, 11) is 0. The average molecular weight is 426 g/mol. The second kappa shape index (κ2) is 9.57. The molecule has 0 radical (unpaired) electrons. The van der Waals surface area contributed by atoms with Crippen LogP contribution in [0.3, 0.4) is 0 Å². The maximum absolute atomic E-state index is 12.9. The first-order chi connectivity index (χ1) is 15.6. The Kier molecular flexibility index (Phi) is 6.22. The quantitative estimate of drug-likeness (QED) is 0.405. The molecule has 0 saturated carbocycles. The number of nitrogens with zero attached hydrogens (tertiary/aromatic N) is 3. The highest BCUT2D eigenvalue weighted by molar-refractivity contribution is 6.08. The number of para-hydroxylation sites is 2. The minimum absolute atomic E-state index is 0.215. The number of carbonyl (C=O) groups excluding carboxylic acids is 2. The fraction of sp³-hybridized carbons (Fsp3) is 0.0833. The lowest BCUT2D eigenvalue weighted by Crippen LogP contribution is -2.24. The van der Waals surface area contributed by atoms with Gasteiger partial charge in [0.05, 0.1) is 11.3 Å². The van der Waals surface area contributed by atoms with E-state index < -0.39 is 6.04 Å². The van der Waals surface area contributed by atoms with Crippen LogP contribution < -0.4 is 16.0 Å². The highest BCUT2D eigenvalue weighted by atomic mass is 16.2. The van der Waals surface area contributed by atoms with E-state index in [1.807, 2.05) is 48.5 Å². The summed E-state index contributed by atoms with van der Waals surface area (Å²) in [6.45, 7) is 1.74. The van der Waals surface area contributed by atoms with E-state index in [1.54, 1.807) is 37.3 Å². The average Bonchev–Trinajstić information content (AvgIpc) is 3.36. The summed E-state index contributed by atoms with van der Waals surface area (Å²) < 4.78 is 1.48. The third-order valence-electron chi connectivity index (χ3n) is 4.85. The van der Waals surface area contributed by atoms with Gasteiger partial charge < -0.3 is 16.0 Å². The minimum atomic E-state index is -0.495. The van der Waals surface area contributed by atoms with Crippen LogP contribution in [0.2, 0.25) is 0 Å². The van der Waals surface area contributed by atoms with Crippen molar-refractivity contribution in [1.29, 1.82) is 0 Å². The molecule has 0 aliphatic heterocycles. The van der Waals surface area contributed by atoms with Crippen molar-refractivity contribution < 1.29 is 9.59 Å². The van der Waals surface area contributed by atoms with Crippen LogP contribution in [0.1, 0.15) is 23.3 Å². The standard InChI is InChI=1S/C24H22N6O2/c1-17(30-16-25-15-26-30)23(31)28-19-11-13-20(14-12-19)29-24(32)21-9-5-6-10-22(21)27-18-7-3-2-4-8-18/h2-17,27H,1H3,(H,28,31)(H,29,32). The Morgan fingerprint density at radius 2 is 1.47 bits per heavy atom. The first-order valence-corrected chi connectivity index (χ1v) is 10.1. The van der Waals surface area contributed by atoms with Gasteiger partial charge >= 0.3 is 0 Å². The zero-order chi connectivity index (χ0) is 22.3. The molecule has 0 spiro atoms. The van der Waals surface area contributed by atoms with Crippen molar-refractivity contribution >= 4 is 34.6 Å². The molecule has 1 unspecified atom stereocenters. The molecule has 0 aliphatic carbocycles. The number of carbonyl (C=O) groups is 2. The van der Waals surface area contributed by atoms with E-state index in [4.69, 9.17) is 0 Å². The van der Waals surface area contributed by atoms with Crippen LogP contribution in [0.25, 0.3) is 0 Å². The topological polar surface area (TPSA) is 101 Å². The summed E-state index contributed by atoms with van der Waals surface area (Å²) >= 11 is 0. The molecule has 32 heavy (non-hydrogen) atoms. The van der Waals surface area contributed by atoms with Gasteiger partial charge in [-0.1, -0.05) is 30.3 Å². The number of hydrogen-bond donors (Lipinski definition) is 3. The van der Waals surface area contributed by atoms with E-state index in [-0.39, 0.29) is 11.8 Å². The van der Waals surface area contributed by atoms with Gasteiger partial charge in [0.2, 0.25) is 5.91 Å². The summed E-state index contributed by atoms with van der Waals surface area (Å²) in [5.74, 6) is -0.450. The molecular formula is C24H22N6O2. The minimum Gasteiger partial charge on any atom is -0.355 e. The Morgan fingerprint density at radius 1 is 0.812 bits per heavy atom. The van der Waals surface area contributed by atoms with E-state index in [0.717, 1.165) is 5.69 Å². The molecule has 4 aromatic rings. The van der Waals surface area contributed by atoms with Gasteiger partial charge in [-0.25, -0.2) is 9.67 Å². The third kappa shape index (κ3) is 4.99. The molecule has 2 amide bonds. The van der Waals surface area contributed by atoms with Gasteiger partial charge in [0, 0.05) is 17.1 Å². The SMILES string of the molecule is CC(C(=O)Nc1ccc(NC(=O)c2ccccc2Nc2ccccc2)cc1)n1cncn1. The van der Waals surface area contributed by atoms with Crippen LogP contribution in [0.5, 0.6) is 0 Å². The highest BCUT2D eigenvalue weighted by Crippen LogP contribution is 2.22. The number of rotatable bonds is 7. The van der Waals surface area contributed by atoms with Gasteiger partial charge in [-0.05, 0) is 55.5 Å². The lowest BCUT2D eigenvalue weighted by molar-refractivity contribution is -0.119. The van der Waals surface area contributed by atoms with E-state index in [9.17, 15) is 9.59 Å². The summed E-state index contributed by atoms with van der Waals surface area (Å²) in [6, 6.07) is 23.4. The normalized spacial score (nSPS) is 11.4. The molecule has 0 bridgehead atoms. The highest BCUT2D eigenvalue weighted by Gasteiger charge is 2.16. The van der Waals surface area contributed by atoms with Crippen molar-refractivity contribution in [2.45, 2.75) is 13.0 Å². The van der Waals surface area contributed by atoms with Gasteiger partial charge in [0.15, 0.2) is 0 Å².